The number of fused-ring (bicyclic) bond motifs is 2. The molecule has 2 nitrogen and oxygen atoms in total. The van der Waals surface area contributed by atoms with E-state index in [1.54, 1.807) is 6.08 Å². The number of alkyl halides is 6. The van der Waals surface area contributed by atoms with Crippen LogP contribution in [0.5, 0.6) is 0 Å². The molecule has 0 aromatic heterocycles. The molecule has 0 aromatic rings. The predicted molar refractivity (Wildman–Crippen MR) is 69.2 cm³/mol. The minimum absolute atomic E-state index is 0.228. The number of hydrogen-bond donors (Lipinski definition) is 0. The van der Waals surface area contributed by atoms with Gasteiger partial charge >= 0.3 is 23.9 Å². The number of rotatable bonds is 2. The standard InChI is InChI=1S/C15H18F6O2/c1-12(2,3)11(22)23-13(14(16,17)18,15(19,20)21)10-7-8-4-5-9(10)6-8/h4-5,8-10H,6-7H2,1-3H3. The highest BCUT2D eigenvalue weighted by Gasteiger charge is 2.79. The third kappa shape index (κ3) is 2.85. The molecule has 0 saturated heterocycles. The van der Waals surface area contributed by atoms with Crippen LogP contribution >= 0.6 is 0 Å². The van der Waals surface area contributed by atoms with Crippen LogP contribution in [0, 0.1) is 23.2 Å². The van der Waals surface area contributed by atoms with E-state index in [9.17, 15) is 31.1 Å². The fraction of sp³-hybridized carbons (Fsp3) is 0.800. The molecule has 2 rings (SSSR count). The van der Waals surface area contributed by atoms with Gasteiger partial charge < -0.3 is 4.74 Å². The Labute approximate surface area is 129 Å². The van der Waals surface area contributed by atoms with Crippen LogP contribution in [0.1, 0.15) is 33.6 Å². The molecule has 1 saturated carbocycles. The maximum absolute atomic E-state index is 13.6. The van der Waals surface area contributed by atoms with Gasteiger partial charge in [-0.25, -0.2) is 0 Å². The zero-order chi connectivity index (χ0) is 17.8. The molecule has 2 aliphatic carbocycles. The van der Waals surface area contributed by atoms with Crippen molar-refractivity contribution in [2.75, 3.05) is 0 Å². The first-order valence-corrected chi connectivity index (χ1v) is 7.25. The summed E-state index contributed by atoms with van der Waals surface area (Å²) in [7, 11) is 0. The van der Waals surface area contributed by atoms with Crippen molar-refractivity contribution < 1.29 is 35.9 Å². The lowest BCUT2D eigenvalue weighted by Gasteiger charge is -2.44. The normalized spacial score (nSPS) is 28.3. The topological polar surface area (TPSA) is 26.3 Å². The number of halogens is 6. The number of hydrogen-bond acceptors (Lipinski definition) is 2. The Morgan fingerprint density at radius 1 is 0.957 bits per heavy atom. The summed E-state index contributed by atoms with van der Waals surface area (Å²) in [6.45, 7) is 3.65. The van der Waals surface area contributed by atoms with Gasteiger partial charge in [-0.2, -0.15) is 26.3 Å². The van der Waals surface area contributed by atoms with E-state index in [1.165, 1.54) is 26.8 Å². The smallest absolute Gasteiger partial charge is 0.437 e. The third-order valence-electron chi connectivity index (χ3n) is 4.51. The number of carbonyl (C=O) groups is 1. The highest BCUT2D eigenvalue weighted by Crippen LogP contribution is 2.59. The second kappa shape index (κ2) is 5.14. The number of allylic oxidation sites excluding steroid dienone is 2. The van der Waals surface area contributed by atoms with Crippen LogP contribution in [0.25, 0.3) is 0 Å². The van der Waals surface area contributed by atoms with Gasteiger partial charge in [-0.3, -0.25) is 4.79 Å². The highest BCUT2D eigenvalue weighted by atomic mass is 19.4. The molecule has 0 radical (unpaired) electrons. The molecule has 132 valence electrons. The van der Waals surface area contributed by atoms with Gasteiger partial charge in [0, 0.05) is 5.92 Å². The summed E-state index contributed by atoms with van der Waals surface area (Å²) in [5.41, 5.74) is -5.94. The number of carbonyl (C=O) groups excluding carboxylic acids is 1. The van der Waals surface area contributed by atoms with Crippen molar-refractivity contribution in [3.8, 4) is 0 Å². The number of esters is 1. The van der Waals surface area contributed by atoms with E-state index in [4.69, 9.17) is 0 Å². The maximum Gasteiger partial charge on any atom is 0.437 e. The van der Waals surface area contributed by atoms with Crippen LogP contribution in [0.15, 0.2) is 12.2 Å². The lowest BCUT2D eigenvalue weighted by Crippen LogP contribution is -2.65. The predicted octanol–water partition coefficient (Wildman–Crippen LogP) is 4.65. The molecule has 2 aliphatic rings. The lowest BCUT2D eigenvalue weighted by atomic mass is 9.76. The summed E-state index contributed by atoms with van der Waals surface area (Å²) in [5.74, 6) is -4.58. The average molecular weight is 344 g/mol. The summed E-state index contributed by atoms with van der Waals surface area (Å²) < 4.78 is 85.7. The maximum atomic E-state index is 13.6. The lowest BCUT2D eigenvalue weighted by molar-refractivity contribution is -0.389. The molecule has 0 N–H and O–H groups in total. The molecule has 0 aliphatic heterocycles. The van der Waals surface area contributed by atoms with Gasteiger partial charge in [0.1, 0.15) is 0 Å². The van der Waals surface area contributed by atoms with E-state index >= 15 is 0 Å². The van der Waals surface area contributed by atoms with Crippen LogP contribution in [-0.2, 0) is 9.53 Å². The summed E-state index contributed by atoms with van der Waals surface area (Å²) in [5, 5.41) is 0. The Balaban J connectivity index is 2.53. The van der Waals surface area contributed by atoms with Crippen molar-refractivity contribution in [3.63, 3.8) is 0 Å². The van der Waals surface area contributed by atoms with Gasteiger partial charge in [-0.15, -0.1) is 0 Å². The SMILES string of the molecule is CC(C)(C)C(=O)OC(C1CC2C=CC1C2)(C(F)(F)F)C(F)(F)F. The summed E-state index contributed by atoms with van der Waals surface area (Å²) in [6.07, 6.45) is -8.55. The van der Waals surface area contributed by atoms with Crippen molar-refractivity contribution in [2.45, 2.75) is 51.6 Å². The fourth-order valence-corrected chi connectivity index (χ4v) is 3.32. The monoisotopic (exact) mass is 344 g/mol. The average Bonchev–Trinajstić information content (AvgIpc) is 2.92. The molecule has 3 atom stereocenters. The van der Waals surface area contributed by atoms with E-state index in [2.05, 4.69) is 4.74 Å². The van der Waals surface area contributed by atoms with E-state index in [0.29, 0.717) is 0 Å². The molecular formula is C15H18F6O2. The van der Waals surface area contributed by atoms with Crippen molar-refractivity contribution in [2.24, 2.45) is 23.2 Å². The Hall–Kier alpha value is -1.21. The Morgan fingerprint density at radius 2 is 1.48 bits per heavy atom. The zero-order valence-corrected chi connectivity index (χ0v) is 12.9. The molecule has 0 amide bonds. The Kier molecular flexibility index (Phi) is 4.05. The van der Waals surface area contributed by atoms with Crippen LogP contribution in [0.4, 0.5) is 26.3 Å². The third-order valence-corrected chi connectivity index (χ3v) is 4.51. The zero-order valence-electron chi connectivity index (χ0n) is 12.9. The van der Waals surface area contributed by atoms with Crippen molar-refractivity contribution >= 4 is 5.97 Å². The Bertz CT molecular complexity index is 498. The van der Waals surface area contributed by atoms with E-state index in [0.717, 1.165) is 0 Å². The minimum Gasteiger partial charge on any atom is -0.439 e. The highest BCUT2D eigenvalue weighted by molar-refractivity contribution is 5.76. The largest absolute Gasteiger partial charge is 0.439 e. The molecule has 0 heterocycles. The first-order valence-electron chi connectivity index (χ1n) is 7.25. The van der Waals surface area contributed by atoms with Crippen molar-refractivity contribution in [3.05, 3.63) is 12.2 Å². The van der Waals surface area contributed by atoms with Gasteiger partial charge in [0.2, 0.25) is 0 Å². The molecule has 2 bridgehead atoms. The van der Waals surface area contributed by atoms with Crippen molar-refractivity contribution in [1.82, 2.24) is 0 Å². The number of ether oxygens (including phenoxy) is 1. The second-order valence-electron chi connectivity index (χ2n) is 7.26. The van der Waals surface area contributed by atoms with Gasteiger partial charge in [0.15, 0.2) is 0 Å². The summed E-state index contributed by atoms with van der Waals surface area (Å²) in [4.78, 5) is 11.9. The molecular weight excluding hydrogens is 326 g/mol. The molecule has 3 unspecified atom stereocenters. The first-order chi connectivity index (χ1) is 10.2. The minimum atomic E-state index is -5.74. The Morgan fingerprint density at radius 3 is 1.78 bits per heavy atom. The first kappa shape index (κ1) is 18.1. The van der Waals surface area contributed by atoms with E-state index in [1.807, 2.05) is 0 Å². The van der Waals surface area contributed by atoms with Gasteiger partial charge in [-0.1, -0.05) is 12.2 Å². The van der Waals surface area contributed by atoms with Gasteiger partial charge in [-0.05, 0) is 45.4 Å². The molecule has 8 heteroatoms. The van der Waals surface area contributed by atoms with Crippen LogP contribution in [0.2, 0.25) is 0 Å². The summed E-state index contributed by atoms with van der Waals surface area (Å²) >= 11 is 0. The van der Waals surface area contributed by atoms with Crippen LogP contribution in [-0.4, -0.2) is 23.9 Å². The molecule has 0 spiro atoms. The molecule has 23 heavy (non-hydrogen) atoms. The van der Waals surface area contributed by atoms with Crippen LogP contribution in [0.3, 0.4) is 0 Å². The van der Waals surface area contributed by atoms with E-state index in [-0.39, 0.29) is 18.8 Å². The van der Waals surface area contributed by atoms with Gasteiger partial charge in [0.05, 0.1) is 5.41 Å². The fourth-order valence-electron chi connectivity index (χ4n) is 3.32. The summed E-state index contributed by atoms with van der Waals surface area (Å²) in [6, 6.07) is 0. The molecule has 0 aromatic carbocycles. The van der Waals surface area contributed by atoms with Crippen molar-refractivity contribution in [1.29, 1.82) is 0 Å². The second-order valence-corrected chi connectivity index (χ2v) is 7.26. The van der Waals surface area contributed by atoms with Crippen LogP contribution < -0.4 is 0 Å². The quantitative estimate of drug-likeness (QED) is 0.414. The van der Waals surface area contributed by atoms with E-state index < -0.39 is 41.2 Å². The molecule has 1 fully saturated rings. The van der Waals surface area contributed by atoms with Gasteiger partial charge in [0.25, 0.3) is 0 Å².